The van der Waals surface area contributed by atoms with E-state index in [1.165, 1.54) is 18.2 Å². The van der Waals surface area contributed by atoms with Crippen LogP contribution in [0.15, 0.2) is 24.3 Å². The molecule has 2 rings (SSSR count). The maximum Gasteiger partial charge on any atom is 0.320 e. The van der Waals surface area contributed by atoms with Crippen molar-refractivity contribution in [3.8, 4) is 0 Å². The second kappa shape index (κ2) is 6.47. The topological polar surface area (TPSA) is 69.6 Å². The van der Waals surface area contributed by atoms with Gasteiger partial charge in [-0.25, -0.2) is 4.39 Å². The average molecular weight is 280 g/mol. The van der Waals surface area contributed by atoms with Gasteiger partial charge in [0, 0.05) is 18.7 Å². The molecule has 108 valence electrons. The van der Waals surface area contributed by atoms with E-state index in [1.54, 1.807) is 11.0 Å². The molecule has 1 heterocycles. The zero-order chi connectivity index (χ0) is 14.5. The smallest absolute Gasteiger partial charge is 0.320 e. The number of carbonyl (C=O) groups is 2. The molecule has 1 aliphatic rings. The van der Waals surface area contributed by atoms with Crippen LogP contribution in [0.4, 0.5) is 10.1 Å². The van der Waals surface area contributed by atoms with Crippen molar-refractivity contribution in [3.63, 3.8) is 0 Å². The highest BCUT2D eigenvalue weighted by molar-refractivity contribution is 5.90. The van der Waals surface area contributed by atoms with Gasteiger partial charge in [0.1, 0.15) is 11.9 Å². The fourth-order valence-corrected chi connectivity index (χ4v) is 2.41. The van der Waals surface area contributed by atoms with Crippen molar-refractivity contribution in [1.82, 2.24) is 4.90 Å². The van der Waals surface area contributed by atoms with E-state index in [0.29, 0.717) is 25.2 Å². The molecular weight excluding hydrogens is 263 g/mol. The van der Waals surface area contributed by atoms with Crippen LogP contribution in [-0.2, 0) is 9.59 Å². The van der Waals surface area contributed by atoms with Crippen LogP contribution in [-0.4, -0.2) is 41.0 Å². The molecule has 0 aliphatic carbocycles. The molecular formula is C14H17FN2O3. The minimum atomic E-state index is -0.840. The molecule has 1 fully saturated rings. The van der Waals surface area contributed by atoms with Crippen molar-refractivity contribution in [3.05, 3.63) is 30.1 Å². The first-order valence-corrected chi connectivity index (χ1v) is 6.58. The van der Waals surface area contributed by atoms with Crippen molar-refractivity contribution >= 4 is 17.6 Å². The molecule has 1 aromatic carbocycles. The summed E-state index contributed by atoms with van der Waals surface area (Å²) in [5, 5.41) is 11.6. The summed E-state index contributed by atoms with van der Waals surface area (Å²) in [7, 11) is 0. The summed E-state index contributed by atoms with van der Waals surface area (Å²) in [5.41, 5.74) is 0.409. The number of carboxylic acid groups (broad SMARTS) is 1. The number of halogens is 1. The predicted octanol–water partition coefficient (Wildman–Crippen LogP) is 1.70. The SMILES string of the molecule is O=C(CCN1CCC[C@H]1C(=O)O)Nc1cccc(F)c1. The lowest BCUT2D eigenvalue weighted by atomic mass is 10.2. The highest BCUT2D eigenvalue weighted by atomic mass is 19.1. The molecule has 0 radical (unpaired) electrons. The summed E-state index contributed by atoms with van der Waals surface area (Å²) < 4.78 is 13.0. The second-order valence-electron chi connectivity index (χ2n) is 4.84. The first-order valence-electron chi connectivity index (χ1n) is 6.58. The van der Waals surface area contributed by atoms with Gasteiger partial charge in [0.15, 0.2) is 0 Å². The molecule has 20 heavy (non-hydrogen) atoms. The van der Waals surface area contributed by atoms with Crippen LogP contribution in [0.1, 0.15) is 19.3 Å². The Labute approximate surface area is 116 Å². The summed E-state index contributed by atoms with van der Waals surface area (Å²) in [5.74, 6) is -1.49. The number of carbonyl (C=O) groups excluding carboxylic acids is 1. The van der Waals surface area contributed by atoms with Crippen molar-refractivity contribution in [2.75, 3.05) is 18.4 Å². The van der Waals surface area contributed by atoms with Crippen LogP contribution in [0.2, 0.25) is 0 Å². The third kappa shape index (κ3) is 3.77. The number of benzene rings is 1. The van der Waals surface area contributed by atoms with E-state index < -0.39 is 17.8 Å². The van der Waals surface area contributed by atoms with Crippen molar-refractivity contribution in [2.24, 2.45) is 0 Å². The van der Waals surface area contributed by atoms with Gasteiger partial charge in [-0.05, 0) is 37.6 Å². The number of nitrogens with zero attached hydrogens (tertiary/aromatic N) is 1. The first kappa shape index (κ1) is 14.5. The molecule has 1 saturated heterocycles. The van der Waals surface area contributed by atoms with Crippen LogP contribution in [0, 0.1) is 5.82 Å². The minimum absolute atomic E-state index is 0.195. The van der Waals surface area contributed by atoms with E-state index in [1.807, 2.05) is 0 Å². The Bertz CT molecular complexity index is 507. The monoisotopic (exact) mass is 280 g/mol. The highest BCUT2D eigenvalue weighted by Gasteiger charge is 2.30. The summed E-state index contributed by atoms with van der Waals surface area (Å²) in [6.45, 7) is 1.10. The number of rotatable bonds is 5. The highest BCUT2D eigenvalue weighted by Crippen LogP contribution is 2.17. The molecule has 0 saturated carbocycles. The van der Waals surface area contributed by atoms with Gasteiger partial charge < -0.3 is 10.4 Å². The number of aliphatic carboxylic acids is 1. The Morgan fingerprint density at radius 1 is 1.45 bits per heavy atom. The van der Waals surface area contributed by atoms with Crippen LogP contribution in [0.25, 0.3) is 0 Å². The van der Waals surface area contributed by atoms with Gasteiger partial charge in [0.25, 0.3) is 0 Å². The molecule has 0 bridgehead atoms. The number of likely N-dealkylation sites (tertiary alicyclic amines) is 1. The van der Waals surface area contributed by atoms with Gasteiger partial charge in [0.2, 0.25) is 5.91 Å². The van der Waals surface area contributed by atoms with E-state index in [-0.39, 0.29) is 12.3 Å². The molecule has 5 nitrogen and oxygen atoms in total. The van der Waals surface area contributed by atoms with E-state index in [2.05, 4.69) is 5.32 Å². The number of hydrogen-bond acceptors (Lipinski definition) is 3. The Morgan fingerprint density at radius 3 is 2.95 bits per heavy atom. The molecule has 2 N–H and O–H groups in total. The maximum absolute atomic E-state index is 13.0. The van der Waals surface area contributed by atoms with Crippen molar-refractivity contribution in [1.29, 1.82) is 0 Å². The number of nitrogens with one attached hydrogen (secondary N) is 1. The zero-order valence-corrected chi connectivity index (χ0v) is 11.0. The van der Waals surface area contributed by atoms with Crippen LogP contribution in [0.3, 0.4) is 0 Å². The van der Waals surface area contributed by atoms with Gasteiger partial charge in [-0.3, -0.25) is 14.5 Å². The molecule has 0 aromatic heterocycles. The van der Waals surface area contributed by atoms with Crippen molar-refractivity contribution < 1.29 is 19.1 Å². The summed E-state index contributed by atoms with van der Waals surface area (Å²) in [6.07, 6.45) is 1.66. The molecule has 0 unspecified atom stereocenters. The molecule has 1 aliphatic heterocycles. The van der Waals surface area contributed by atoms with E-state index in [0.717, 1.165) is 6.42 Å². The van der Waals surface area contributed by atoms with E-state index >= 15 is 0 Å². The lowest BCUT2D eigenvalue weighted by molar-refractivity contribution is -0.142. The van der Waals surface area contributed by atoms with Gasteiger partial charge in [0.05, 0.1) is 0 Å². The molecule has 1 aromatic rings. The van der Waals surface area contributed by atoms with Crippen LogP contribution in [0.5, 0.6) is 0 Å². The minimum Gasteiger partial charge on any atom is -0.480 e. The fourth-order valence-electron chi connectivity index (χ4n) is 2.41. The molecule has 1 amide bonds. The first-order chi connectivity index (χ1) is 9.56. The number of carboxylic acids is 1. The predicted molar refractivity (Wildman–Crippen MR) is 71.9 cm³/mol. The zero-order valence-electron chi connectivity index (χ0n) is 11.0. The summed E-state index contributed by atoms with van der Waals surface area (Å²) >= 11 is 0. The number of amides is 1. The largest absolute Gasteiger partial charge is 0.480 e. The van der Waals surface area contributed by atoms with Crippen molar-refractivity contribution in [2.45, 2.75) is 25.3 Å². The Hall–Kier alpha value is -1.95. The maximum atomic E-state index is 13.0. The number of hydrogen-bond donors (Lipinski definition) is 2. The van der Waals surface area contributed by atoms with Crippen LogP contribution >= 0.6 is 0 Å². The summed E-state index contributed by atoms with van der Waals surface area (Å²) in [6, 6.07) is 5.19. The van der Waals surface area contributed by atoms with Gasteiger partial charge in [-0.1, -0.05) is 6.07 Å². The average Bonchev–Trinajstić information content (AvgIpc) is 2.85. The molecule has 1 atom stereocenters. The molecule has 0 spiro atoms. The second-order valence-corrected chi connectivity index (χ2v) is 4.84. The Kier molecular flexibility index (Phi) is 4.68. The standard InChI is InChI=1S/C14H17FN2O3/c15-10-3-1-4-11(9-10)16-13(18)6-8-17-7-2-5-12(17)14(19)20/h1,3-4,9,12H,2,5-8H2,(H,16,18)(H,19,20)/t12-/m0/s1. The van der Waals surface area contributed by atoms with E-state index in [9.17, 15) is 14.0 Å². The fraction of sp³-hybridized carbons (Fsp3) is 0.429. The molecule has 6 heteroatoms. The number of anilines is 1. The van der Waals surface area contributed by atoms with Gasteiger partial charge >= 0.3 is 5.97 Å². The Morgan fingerprint density at radius 2 is 2.25 bits per heavy atom. The van der Waals surface area contributed by atoms with Gasteiger partial charge in [-0.2, -0.15) is 0 Å². The Balaban J connectivity index is 1.82. The van der Waals surface area contributed by atoms with Crippen LogP contribution < -0.4 is 5.32 Å². The van der Waals surface area contributed by atoms with Gasteiger partial charge in [-0.15, -0.1) is 0 Å². The summed E-state index contributed by atoms with van der Waals surface area (Å²) in [4.78, 5) is 24.5. The van der Waals surface area contributed by atoms with E-state index in [4.69, 9.17) is 5.11 Å². The third-order valence-electron chi connectivity index (χ3n) is 3.38. The lowest BCUT2D eigenvalue weighted by Gasteiger charge is -2.20. The lowest BCUT2D eigenvalue weighted by Crippen LogP contribution is -2.37. The third-order valence-corrected chi connectivity index (χ3v) is 3.38. The normalized spacial score (nSPS) is 18.9. The quantitative estimate of drug-likeness (QED) is 0.861.